The molecule has 3 rings (SSSR count). The minimum absolute atomic E-state index is 0.531. The van der Waals surface area contributed by atoms with Gasteiger partial charge in [0.05, 0.1) is 6.20 Å². The van der Waals surface area contributed by atoms with Crippen molar-refractivity contribution in [1.82, 2.24) is 25.0 Å². The molecule has 7 heteroatoms. The van der Waals surface area contributed by atoms with Gasteiger partial charge in [-0.2, -0.15) is 5.10 Å². The van der Waals surface area contributed by atoms with Gasteiger partial charge in [0.15, 0.2) is 5.96 Å². The molecule has 2 N–H and O–H groups in total. The van der Waals surface area contributed by atoms with Crippen LogP contribution in [0, 0.1) is 0 Å². The number of nitrogens with zero attached hydrogens (tertiary/aromatic N) is 5. The number of aryl methyl sites for hydroxylation is 1. The first-order chi connectivity index (χ1) is 11.8. The van der Waals surface area contributed by atoms with Crippen LogP contribution in [0.25, 0.3) is 0 Å². The maximum atomic E-state index is 4.42. The summed E-state index contributed by atoms with van der Waals surface area (Å²) in [6.45, 7) is 3.61. The van der Waals surface area contributed by atoms with E-state index in [1.165, 1.54) is 5.56 Å². The van der Waals surface area contributed by atoms with Crippen molar-refractivity contribution in [3.8, 4) is 0 Å². The summed E-state index contributed by atoms with van der Waals surface area (Å²) in [7, 11) is 3.80. The highest BCUT2D eigenvalue weighted by molar-refractivity contribution is 5.80. The van der Waals surface area contributed by atoms with Crippen LogP contribution in [-0.4, -0.2) is 58.9 Å². The lowest BCUT2D eigenvalue weighted by Crippen LogP contribution is -2.41. The number of likely N-dealkylation sites (tertiary alicyclic amines) is 1. The molecule has 24 heavy (non-hydrogen) atoms. The van der Waals surface area contributed by atoms with Gasteiger partial charge >= 0.3 is 0 Å². The van der Waals surface area contributed by atoms with Gasteiger partial charge in [-0.05, 0) is 24.1 Å². The van der Waals surface area contributed by atoms with E-state index in [2.05, 4.69) is 36.8 Å². The number of aromatic nitrogens is 3. The molecule has 1 aliphatic rings. The van der Waals surface area contributed by atoms with E-state index in [1.807, 2.05) is 43.2 Å². The molecule has 2 aromatic rings. The van der Waals surface area contributed by atoms with Gasteiger partial charge in [-0.3, -0.25) is 9.67 Å². The van der Waals surface area contributed by atoms with Crippen LogP contribution < -0.4 is 10.6 Å². The molecule has 0 aliphatic carbocycles. The van der Waals surface area contributed by atoms with Crippen molar-refractivity contribution >= 4 is 11.8 Å². The van der Waals surface area contributed by atoms with Crippen LogP contribution in [0.4, 0.5) is 5.82 Å². The molecule has 2 aromatic heterocycles. The van der Waals surface area contributed by atoms with E-state index >= 15 is 0 Å². The number of hydrogen-bond donors (Lipinski definition) is 2. The van der Waals surface area contributed by atoms with Crippen molar-refractivity contribution in [2.24, 2.45) is 12.0 Å². The number of guanidine groups is 1. The minimum atomic E-state index is 0.531. The van der Waals surface area contributed by atoms with Crippen LogP contribution in [-0.2, 0) is 7.05 Å². The smallest absolute Gasteiger partial charge is 0.193 e. The van der Waals surface area contributed by atoms with Gasteiger partial charge in [0.1, 0.15) is 5.82 Å². The molecule has 1 aliphatic heterocycles. The number of pyridine rings is 1. The molecule has 0 aromatic carbocycles. The second-order valence-corrected chi connectivity index (χ2v) is 5.99. The van der Waals surface area contributed by atoms with Crippen molar-refractivity contribution in [2.45, 2.75) is 12.3 Å². The predicted octanol–water partition coefficient (Wildman–Crippen LogP) is 1.29. The van der Waals surface area contributed by atoms with Gasteiger partial charge in [-0.15, -0.1) is 0 Å². The highest BCUT2D eigenvalue weighted by Gasteiger charge is 2.26. The topological polar surface area (TPSA) is 70.4 Å². The second-order valence-electron chi connectivity index (χ2n) is 5.99. The van der Waals surface area contributed by atoms with Crippen LogP contribution in [0.5, 0.6) is 0 Å². The third-order valence-corrected chi connectivity index (χ3v) is 4.27. The van der Waals surface area contributed by atoms with E-state index < -0.39 is 0 Å². The van der Waals surface area contributed by atoms with Crippen LogP contribution in [0.15, 0.2) is 41.8 Å². The van der Waals surface area contributed by atoms with Gasteiger partial charge in [0.25, 0.3) is 0 Å². The van der Waals surface area contributed by atoms with Crippen LogP contribution in [0.1, 0.15) is 17.9 Å². The first-order valence-electron chi connectivity index (χ1n) is 8.35. The maximum Gasteiger partial charge on any atom is 0.193 e. The summed E-state index contributed by atoms with van der Waals surface area (Å²) >= 11 is 0. The largest absolute Gasteiger partial charge is 0.368 e. The molecule has 0 saturated carbocycles. The Morgan fingerprint density at radius 3 is 3.00 bits per heavy atom. The van der Waals surface area contributed by atoms with Crippen molar-refractivity contribution in [1.29, 1.82) is 0 Å². The normalized spacial score (nSPS) is 18.0. The Morgan fingerprint density at radius 2 is 2.29 bits per heavy atom. The molecule has 0 spiro atoms. The third-order valence-electron chi connectivity index (χ3n) is 4.27. The lowest BCUT2D eigenvalue weighted by molar-refractivity contribution is 0.487. The van der Waals surface area contributed by atoms with E-state index in [4.69, 9.17) is 0 Å². The zero-order chi connectivity index (χ0) is 16.8. The fourth-order valence-corrected chi connectivity index (χ4v) is 3.04. The molecule has 0 amide bonds. The van der Waals surface area contributed by atoms with Gasteiger partial charge in [-0.25, -0.2) is 4.98 Å². The molecule has 0 bridgehead atoms. The number of rotatable bonds is 5. The molecule has 7 nitrogen and oxygen atoms in total. The fraction of sp³-hybridized carbons (Fsp3) is 0.471. The lowest BCUT2D eigenvalue weighted by atomic mass is 10.0. The van der Waals surface area contributed by atoms with Gasteiger partial charge in [-0.1, -0.05) is 6.07 Å². The Kier molecular flexibility index (Phi) is 5.30. The molecule has 1 saturated heterocycles. The van der Waals surface area contributed by atoms with Gasteiger partial charge in [0.2, 0.25) is 0 Å². The Hall–Kier alpha value is -2.57. The van der Waals surface area contributed by atoms with E-state index in [1.54, 1.807) is 6.20 Å². The summed E-state index contributed by atoms with van der Waals surface area (Å²) in [6.07, 6.45) is 7.01. The zero-order valence-corrected chi connectivity index (χ0v) is 14.3. The summed E-state index contributed by atoms with van der Waals surface area (Å²) in [6, 6.07) is 5.86. The van der Waals surface area contributed by atoms with E-state index in [0.29, 0.717) is 5.92 Å². The third kappa shape index (κ3) is 4.04. The van der Waals surface area contributed by atoms with Crippen molar-refractivity contribution < 1.29 is 0 Å². The average Bonchev–Trinajstić information content (AvgIpc) is 3.25. The summed E-state index contributed by atoms with van der Waals surface area (Å²) < 4.78 is 1.87. The summed E-state index contributed by atoms with van der Waals surface area (Å²) in [5.74, 6) is 2.39. The highest BCUT2D eigenvalue weighted by Crippen LogP contribution is 2.26. The van der Waals surface area contributed by atoms with Crippen molar-refractivity contribution in [2.75, 3.05) is 38.5 Å². The Bertz CT molecular complexity index is 665. The van der Waals surface area contributed by atoms with Gasteiger partial charge in [0, 0.05) is 58.6 Å². The number of anilines is 1. The molecule has 1 atom stereocenters. The molecular weight excluding hydrogens is 302 g/mol. The summed E-state index contributed by atoms with van der Waals surface area (Å²) in [5, 5.41) is 11.0. The lowest BCUT2D eigenvalue weighted by Gasteiger charge is -2.21. The van der Waals surface area contributed by atoms with E-state index in [0.717, 1.165) is 44.4 Å². The summed E-state index contributed by atoms with van der Waals surface area (Å²) in [5.41, 5.74) is 1.31. The molecule has 0 radical (unpaired) electrons. The summed E-state index contributed by atoms with van der Waals surface area (Å²) in [4.78, 5) is 11.0. The van der Waals surface area contributed by atoms with Crippen LogP contribution in [0.2, 0.25) is 0 Å². The standard InChI is InChI=1S/C17H25N7/c1-18-17(21-9-8-20-16-5-3-4-7-19-16)24-10-6-14(13-24)15-11-22-23(2)12-15/h3-5,7,11-12,14H,6,8-10,13H2,1-2H3,(H,18,21)(H,19,20). The number of hydrogen-bond acceptors (Lipinski definition) is 4. The Labute approximate surface area is 142 Å². The molecule has 3 heterocycles. The highest BCUT2D eigenvalue weighted by atomic mass is 15.3. The minimum Gasteiger partial charge on any atom is -0.368 e. The second kappa shape index (κ2) is 7.81. The molecule has 1 fully saturated rings. The molecule has 1 unspecified atom stereocenters. The number of aliphatic imine (C=N–C) groups is 1. The number of nitrogens with one attached hydrogen (secondary N) is 2. The van der Waals surface area contributed by atoms with Crippen molar-refractivity contribution in [3.63, 3.8) is 0 Å². The SMILES string of the molecule is CN=C(NCCNc1ccccn1)N1CCC(c2cnn(C)c2)C1. The quantitative estimate of drug-likeness (QED) is 0.492. The first kappa shape index (κ1) is 16.3. The average molecular weight is 327 g/mol. The molecular formula is C17H25N7. The van der Waals surface area contributed by atoms with Crippen LogP contribution in [0.3, 0.4) is 0 Å². The predicted molar refractivity (Wildman–Crippen MR) is 96.2 cm³/mol. The van der Waals surface area contributed by atoms with Crippen molar-refractivity contribution in [3.05, 3.63) is 42.4 Å². The zero-order valence-electron chi connectivity index (χ0n) is 14.3. The van der Waals surface area contributed by atoms with E-state index in [-0.39, 0.29) is 0 Å². The Morgan fingerprint density at radius 1 is 1.38 bits per heavy atom. The first-order valence-corrected chi connectivity index (χ1v) is 8.35. The Balaban J connectivity index is 1.45. The van der Waals surface area contributed by atoms with Gasteiger partial charge < -0.3 is 15.5 Å². The molecule has 128 valence electrons. The van der Waals surface area contributed by atoms with Crippen LogP contribution >= 0.6 is 0 Å². The van der Waals surface area contributed by atoms with E-state index in [9.17, 15) is 0 Å². The monoisotopic (exact) mass is 327 g/mol. The maximum absolute atomic E-state index is 4.42. The fourth-order valence-electron chi connectivity index (χ4n) is 3.04.